The minimum Gasteiger partial charge on any atom is -0.395 e. The van der Waals surface area contributed by atoms with Crippen molar-refractivity contribution in [1.82, 2.24) is 10.2 Å². The van der Waals surface area contributed by atoms with Crippen molar-refractivity contribution in [1.29, 1.82) is 0 Å². The zero-order chi connectivity index (χ0) is 15.2. The molecule has 5 heteroatoms. The van der Waals surface area contributed by atoms with Crippen LogP contribution in [0, 0.1) is 6.92 Å². The van der Waals surface area contributed by atoms with Gasteiger partial charge in [-0.2, -0.15) is 0 Å². The fourth-order valence-corrected chi connectivity index (χ4v) is 2.46. The van der Waals surface area contributed by atoms with Crippen molar-refractivity contribution in [2.75, 3.05) is 19.8 Å². The first-order valence-corrected chi connectivity index (χ1v) is 7.43. The van der Waals surface area contributed by atoms with E-state index in [0.717, 1.165) is 12.0 Å². The van der Waals surface area contributed by atoms with Crippen LogP contribution in [-0.2, 0) is 11.3 Å². The molecule has 1 aliphatic rings. The number of amides is 2. The van der Waals surface area contributed by atoms with Crippen LogP contribution >= 0.6 is 0 Å². The number of aliphatic hydroxyl groups excluding tert-OH is 1. The lowest BCUT2D eigenvalue weighted by molar-refractivity contribution is 0.111. The Kier molecular flexibility index (Phi) is 5.59. The number of nitrogens with one attached hydrogen (secondary N) is 1. The summed E-state index contributed by atoms with van der Waals surface area (Å²) in [6.45, 7) is 5.45. The van der Waals surface area contributed by atoms with E-state index in [1.54, 1.807) is 4.90 Å². The molecule has 1 aliphatic heterocycles. The number of ether oxygens (including phenoxy) is 1. The number of aliphatic hydroxyl groups is 1. The third kappa shape index (κ3) is 4.44. The molecule has 2 N–H and O–H groups in total. The Balaban J connectivity index is 1.96. The van der Waals surface area contributed by atoms with E-state index in [1.807, 2.05) is 38.1 Å². The molecule has 0 unspecified atom stereocenters. The maximum Gasteiger partial charge on any atom is 0.318 e. The van der Waals surface area contributed by atoms with Crippen molar-refractivity contribution in [3.63, 3.8) is 0 Å². The normalized spacial score (nSPS) is 21.3. The van der Waals surface area contributed by atoms with Gasteiger partial charge in [-0.25, -0.2) is 4.79 Å². The molecule has 1 saturated heterocycles. The minimum atomic E-state index is -0.146. The van der Waals surface area contributed by atoms with Gasteiger partial charge >= 0.3 is 6.03 Å². The average molecular weight is 292 g/mol. The standard InChI is InChI=1S/C16H24N2O3/c1-12-3-5-14(6-4-12)11-18(8-9-19)16(20)17-15-7-10-21-13(15)2/h3-6,13,15,19H,7-11H2,1-2H3,(H,17,20)/t13-,15-/m1/s1. The molecule has 0 saturated carbocycles. The number of benzene rings is 1. The van der Waals surface area contributed by atoms with Crippen molar-refractivity contribution >= 4 is 6.03 Å². The third-order valence-corrected chi connectivity index (χ3v) is 3.84. The molecule has 116 valence electrons. The van der Waals surface area contributed by atoms with Gasteiger partial charge < -0.3 is 20.1 Å². The fourth-order valence-electron chi connectivity index (χ4n) is 2.46. The second kappa shape index (κ2) is 7.43. The van der Waals surface area contributed by atoms with E-state index >= 15 is 0 Å². The number of nitrogens with zero attached hydrogens (tertiary/aromatic N) is 1. The van der Waals surface area contributed by atoms with E-state index in [-0.39, 0.29) is 24.8 Å². The number of rotatable bonds is 5. The van der Waals surface area contributed by atoms with Gasteiger partial charge in [0, 0.05) is 19.7 Å². The fraction of sp³-hybridized carbons (Fsp3) is 0.562. The highest BCUT2D eigenvalue weighted by Gasteiger charge is 2.27. The molecule has 0 spiro atoms. The number of aryl methyl sites for hydroxylation is 1. The highest BCUT2D eigenvalue weighted by atomic mass is 16.5. The number of hydrogen-bond acceptors (Lipinski definition) is 3. The van der Waals surface area contributed by atoms with Crippen LogP contribution in [0.5, 0.6) is 0 Å². The van der Waals surface area contributed by atoms with Crippen molar-refractivity contribution in [3.05, 3.63) is 35.4 Å². The van der Waals surface area contributed by atoms with Crippen LogP contribution < -0.4 is 5.32 Å². The zero-order valence-electron chi connectivity index (χ0n) is 12.7. The summed E-state index contributed by atoms with van der Waals surface area (Å²) in [5, 5.41) is 12.2. The SMILES string of the molecule is Cc1ccc(CN(CCO)C(=O)N[C@@H]2CCO[C@@H]2C)cc1. The van der Waals surface area contributed by atoms with Gasteiger partial charge in [0.25, 0.3) is 0 Å². The van der Waals surface area contributed by atoms with E-state index in [2.05, 4.69) is 5.32 Å². The highest BCUT2D eigenvalue weighted by molar-refractivity contribution is 5.74. The quantitative estimate of drug-likeness (QED) is 0.868. The van der Waals surface area contributed by atoms with Crippen molar-refractivity contribution < 1.29 is 14.6 Å². The van der Waals surface area contributed by atoms with Crippen LogP contribution in [0.3, 0.4) is 0 Å². The summed E-state index contributed by atoms with van der Waals surface area (Å²) in [6.07, 6.45) is 0.883. The van der Waals surface area contributed by atoms with Crippen LogP contribution in [0.1, 0.15) is 24.5 Å². The molecule has 1 fully saturated rings. The van der Waals surface area contributed by atoms with E-state index < -0.39 is 0 Å². The molecule has 2 rings (SSSR count). The van der Waals surface area contributed by atoms with Crippen molar-refractivity contribution in [2.45, 2.75) is 39.0 Å². The van der Waals surface area contributed by atoms with Gasteiger partial charge in [0.15, 0.2) is 0 Å². The first-order chi connectivity index (χ1) is 10.1. The molecule has 21 heavy (non-hydrogen) atoms. The summed E-state index contributed by atoms with van der Waals surface area (Å²) < 4.78 is 5.45. The first-order valence-electron chi connectivity index (χ1n) is 7.43. The molecule has 1 aromatic rings. The van der Waals surface area contributed by atoms with Gasteiger partial charge in [-0.3, -0.25) is 0 Å². The lowest BCUT2D eigenvalue weighted by Crippen LogP contribution is -2.47. The monoisotopic (exact) mass is 292 g/mol. The Bertz CT molecular complexity index is 461. The van der Waals surface area contributed by atoms with E-state index in [0.29, 0.717) is 19.7 Å². The molecular formula is C16H24N2O3. The molecule has 2 amide bonds. The summed E-state index contributed by atoms with van der Waals surface area (Å²) >= 11 is 0. The lowest BCUT2D eigenvalue weighted by atomic mass is 10.1. The van der Waals surface area contributed by atoms with Crippen molar-refractivity contribution in [3.8, 4) is 0 Å². The first kappa shape index (κ1) is 15.8. The number of hydrogen-bond donors (Lipinski definition) is 2. The summed E-state index contributed by atoms with van der Waals surface area (Å²) in [7, 11) is 0. The van der Waals surface area contributed by atoms with Gasteiger partial charge in [0.1, 0.15) is 0 Å². The second-order valence-corrected chi connectivity index (χ2v) is 5.55. The maximum absolute atomic E-state index is 12.4. The van der Waals surface area contributed by atoms with Gasteiger partial charge in [-0.1, -0.05) is 29.8 Å². The van der Waals surface area contributed by atoms with Gasteiger partial charge in [-0.05, 0) is 25.8 Å². The molecule has 5 nitrogen and oxygen atoms in total. The van der Waals surface area contributed by atoms with E-state index in [1.165, 1.54) is 5.56 Å². The molecule has 0 radical (unpaired) electrons. The Morgan fingerprint density at radius 3 is 2.71 bits per heavy atom. The van der Waals surface area contributed by atoms with Crippen LogP contribution in [0.2, 0.25) is 0 Å². The molecule has 0 aromatic heterocycles. The van der Waals surface area contributed by atoms with Gasteiger partial charge in [0.05, 0.1) is 18.8 Å². The Hall–Kier alpha value is -1.59. The van der Waals surface area contributed by atoms with E-state index in [9.17, 15) is 9.90 Å². The predicted octanol–water partition coefficient (Wildman–Crippen LogP) is 1.68. The minimum absolute atomic E-state index is 0.0456. The van der Waals surface area contributed by atoms with Gasteiger partial charge in [-0.15, -0.1) is 0 Å². The van der Waals surface area contributed by atoms with Crippen LogP contribution in [0.15, 0.2) is 24.3 Å². The van der Waals surface area contributed by atoms with E-state index in [4.69, 9.17) is 4.74 Å². The third-order valence-electron chi connectivity index (χ3n) is 3.84. The number of carbonyl (C=O) groups excluding carboxylic acids is 1. The summed E-state index contributed by atoms with van der Waals surface area (Å²) in [4.78, 5) is 14.0. The number of carbonyl (C=O) groups is 1. The molecule has 0 bridgehead atoms. The average Bonchev–Trinajstić information content (AvgIpc) is 2.86. The molecule has 2 atom stereocenters. The second-order valence-electron chi connectivity index (χ2n) is 5.55. The topological polar surface area (TPSA) is 61.8 Å². The molecule has 1 heterocycles. The largest absolute Gasteiger partial charge is 0.395 e. The Morgan fingerprint density at radius 2 is 2.14 bits per heavy atom. The maximum atomic E-state index is 12.4. The Morgan fingerprint density at radius 1 is 1.43 bits per heavy atom. The predicted molar refractivity (Wildman–Crippen MR) is 81.0 cm³/mol. The van der Waals surface area contributed by atoms with Crippen LogP contribution in [0.25, 0.3) is 0 Å². The zero-order valence-corrected chi connectivity index (χ0v) is 12.7. The molecule has 1 aromatic carbocycles. The van der Waals surface area contributed by atoms with Crippen LogP contribution in [-0.4, -0.2) is 47.9 Å². The summed E-state index contributed by atoms with van der Waals surface area (Å²) in [5.41, 5.74) is 2.24. The summed E-state index contributed by atoms with van der Waals surface area (Å²) in [6, 6.07) is 7.97. The Labute approximate surface area is 125 Å². The van der Waals surface area contributed by atoms with Gasteiger partial charge in [0.2, 0.25) is 0 Å². The lowest BCUT2D eigenvalue weighted by Gasteiger charge is -2.25. The van der Waals surface area contributed by atoms with Crippen molar-refractivity contribution in [2.24, 2.45) is 0 Å². The molecule has 0 aliphatic carbocycles. The molecular weight excluding hydrogens is 268 g/mol. The smallest absolute Gasteiger partial charge is 0.318 e. The summed E-state index contributed by atoms with van der Waals surface area (Å²) in [5.74, 6) is 0. The number of urea groups is 1. The van der Waals surface area contributed by atoms with Crippen LogP contribution in [0.4, 0.5) is 4.79 Å². The highest BCUT2D eigenvalue weighted by Crippen LogP contribution is 2.14.